The van der Waals surface area contributed by atoms with Gasteiger partial charge < -0.3 is 26.2 Å². The summed E-state index contributed by atoms with van der Waals surface area (Å²) in [6.07, 6.45) is 1.26. The maximum absolute atomic E-state index is 14.0. The van der Waals surface area contributed by atoms with E-state index in [0.29, 0.717) is 19.3 Å². The van der Waals surface area contributed by atoms with Crippen LogP contribution in [0.1, 0.15) is 80.2 Å². The number of nitrogens with zero attached hydrogens (tertiary/aromatic N) is 1. The molecule has 0 aromatic heterocycles. The summed E-state index contributed by atoms with van der Waals surface area (Å²) in [4.78, 5) is 70.2. The second-order valence-electron chi connectivity index (χ2n) is 13.5. The lowest BCUT2D eigenvalue weighted by atomic mass is 9.97. The van der Waals surface area contributed by atoms with Crippen molar-refractivity contribution in [3.63, 3.8) is 0 Å². The van der Waals surface area contributed by atoms with Crippen LogP contribution in [0.25, 0.3) is 0 Å². The fourth-order valence-corrected chi connectivity index (χ4v) is 5.33. The minimum absolute atomic E-state index is 0.0593. The molecular weight excluding hydrogens is 546 g/mol. The zero-order chi connectivity index (χ0) is 32.4. The molecule has 0 spiro atoms. The molecule has 0 radical (unpaired) electrons. The van der Waals surface area contributed by atoms with Crippen molar-refractivity contribution in [2.75, 3.05) is 7.05 Å². The fourth-order valence-electron chi connectivity index (χ4n) is 5.33. The number of carbonyl (C=O) groups is 5. The molecule has 4 N–H and O–H groups in total. The average Bonchev–Trinajstić information content (AvgIpc) is 2.91. The summed E-state index contributed by atoms with van der Waals surface area (Å²) in [5.74, 6) is -2.43. The molecule has 5 amide bonds. The Balaban J connectivity index is 2.66. The first-order valence-electron chi connectivity index (χ1n) is 15.6. The van der Waals surface area contributed by atoms with Crippen LogP contribution < -0.4 is 21.3 Å². The van der Waals surface area contributed by atoms with E-state index in [1.54, 1.807) is 7.05 Å². The van der Waals surface area contributed by atoms with Crippen LogP contribution in [0.4, 0.5) is 0 Å². The van der Waals surface area contributed by atoms with Crippen LogP contribution in [0.5, 0.6) is 0 Å². The monoisotopic (exact) mass is 599 g/mol. The molecule has 0 saturated carbocycles. The molecule has 5 atom stereocenters. The third kappa shape index (κ3) is 11.0. The molecule has 1 aromatic rings. The van der Waals surface area contributed by atoms with E-state index in [-0.39, 0.29) is 30.1 Å². The highest BCUT2D eigenvalue weighted by Crippen LogP contribution is 2.17. The first kappa shape index (κ1) is 35.8. The highest BCUT2D eigenvalue weighted by molar-refractivity contribution is 5.98. The Kier molecular flexibility index (Phi) is 13.7. The zero-order valence-corrected chi connectivity index (χ0v) is 27.4. The fraction of sp³-hybridized carbons (Fsp3) is 0.667. The van der Waals surface area contributed by atoms with Gasteiger partial charge in [-0.25, -0.2) is 0 Å². The predicted molar refractivity (Wildman–Crippen MR) is 168 cm³/mol. The van der Waals surface area contributed by atoms with Crippen LogP contribution >= 0.6 is 0 Å². The van der Waals surface area contributed by atoms with Gasteiger partial charge in [0.25, 0.3) is 0 Å². The van der Waals surface area contributed by atoms with Gasteiger partial charge in [0.2, 0.25) is 29.5 Å². The third-order valence-corrected chi connectivity index (χ3v) is 7.64. The molecular formula is C33H53N5O5. The Bertz CT molecular complexity index is 1100. The van der Waals surface area contributed by atoms with E-state index in [1.807, 2.05) is 85.7 Å². The second-order valence-corrected chi connectivity index (χ2v) is 13.5. The molecule has 1 aromatic carbocycles. The zero-order valence-electron chi connectivity index (χ0n) is 27.4. The van der Waals surface area contributed by atoms with Crippen LogP contribution in [0.3, 0.4) is 0 Å². The smallest absolute Gasteiger partial charge is 0.245 e. The lowest BCUT2D eigenvalue weighted by molar-refractivity contribution is -0.143. The van der Waals surface area contributed by atoms with E-state index in [9.17, 15) is 24.0 Å². The summed E-state index contributed by atoms with van der Waals surface area (Å²) >= 11 is 0. The van der Waals surface area contributed by atoms with Crippen LogP contribution in [0.2, 0.25) is 0 Å². The van der Waals surface area contributed by atoms with Gasteiger partial charge in [0, 0.05) is 13.5 Å². The molecule has 0 unspecified atom stereocenters. The minimum Gasteiger partial charge on any atom is -0.343 e. The molecule has 1 aliphatic heterocycles. The number of benzene rings is 1. The molecule has 1 saturated heterocycles. The average molecular weight is 600 g/mol. The summed E-state index contributed by atoms with van der Waals surface area (Å²) in [6.45, 7) is 15.3. The molecule has 1 heterocycles. The van der Waals surface area contributed by atoms with E-state index < -0.39 is 59.7 Å². The SMILES string of the molecule is CC(C)C[C@@H]1NC(=O)[C@@H](C(C)C)NC(=O)[C@@H](CC(C)C)NC(=O)[C@H](Cc2ccccc2)N(C)C(=O)[C@H](CC(C)C)NC1=O. The first-order valence-corrected chi connectivity index (χ1v) is 15.6. The highest BCUT2D eigenvalue weighted by atomic mass is 16.2. The van der Waals surface area contributed by atoms with Crippen molar-refractivity contribution in [3.05, 3.63) is 35.9 Å². The van der Waals surface area contributed by atoms with Crippen molar-refractivity contribution < 1.29 is 24.0 Å². The quantitative estimate of drug-likeness (QED) is 0.346. The Morgan fingerprint density at radius 2 is 1.05 bits per heavy atom. The van der Waals surface area contributed by atoms with Gasteiger partial charge in [-0.2, -0.15) is 0 Å². The van der Waals surface area contributed by atoms with Gasteiger partial charge in [0.05, 0.1) is 0 Å². The van der Waals surface area contributed by atoms with Crippen LogP contribution in [-0.4, -0.2) is 71.7 Å². The van der Waals surface area contributed by atoms with Gasteiger partial charge in [-0.3, -0.25) is 24.0 Å². The standard InChI is InChI=1S/C33H53N5O5/c1-19(2)15-24-29(39)36-26(17-21(5)6)33(43)38(9)27(18-23-13-11-10-12-14-23)31(41)34-25(16-20(3)4)30(40)37-28(22(7)8)32(42)35-24/h10-14,19-22,24-28H,15-18H2,1-9H3,(H,34,41)(H,35,42)(H,36,39)(H,37,40)/t24-,25+,26-,27-,28+/m0/s1. The molecule has 1 aliphatic rings. The van der Waals surface area contributed by atoms with Gasteiger partial charge in [-0.1, -0.05) is 85.7 Å². The van der Waals surface area contributed by atoms with Gasteiger partial charge in [-0.15, -0.1) is 0 Å². The van der Waals surface area contributed by atoms with Crippen LogP contribution in [-0.2, 0) is 30.4 Å². The number of hydrogen-bond donors (Lipinski definition) is 4. The second kappa shape index (κ2) is 16.4. The Morgan fingerprint density at radius 1 is 0.605 bits per heavy atom. The van der Waals surface area contributed by atoms with Crippen molar-refractivity contribution >= 4 is 29.5 Å². The first-order chi connectivity index (χ1) is 20.1. The maximum Gasteiger partial charge on any atom is 0.245 e. The molecule has 0 bridgehead atoms. The number of hydrogen-bond acceptors (Lipinski definition) is 5. The van der Waals surface area contributed by atoms with Gasteiger partial charge in [0.1, 0.15) is 30.2 Å². The summed E-state index contributed by atoms with van der Waals surface area (Å²) in [7, 11) is 1.56. The Labute approximate surface area is 257 Å². The molecule has 1 fully saturated rings. The van der Waals surface area contributed by atoms with Crippen LogP contribution in [0.15, 0.2) is 30.3 Å². The number of carbonyl (C=O) groups excluding carboxylic acids is 5. The summed E-state index contributed by atoms with van der Waals surface area (Å²) in [5, 5.41) is 11.5. The summed E-state index contributed by atoms with van der Waals surface area (Å²) in [5.41, 5.74) is 0.848. The molecule has 10 heteroatoms. The normalized spacial score (nSPS) is 24.9. The largest absolute Gasteiger partial charge is 0.343 e. The number of amides is 5. The summed E-state index contributed by atoms with van der Waals surface area (Å²) in [6, 6.07) is 4.76. The Hall–Kier alpha value is -3.43. The van der Waals surface area contributed by atoms with Crippen molar-refractivity contribution in [1.82, 2.24) is 26.2 Å². The van der Waals surface area contributed by atoms with E-state index in [2.05, 4.69) is 21.3 Å². The van der Waals surface area contributed by atoms with E-state index >= 15 is 0 Å². The number of rotatable bonds is 9. The van der Waals surface area contributed by atoms with E-state index in [1.165, 1.54) is 4.90 Å². The molecule has 0 aliphatic carbocycles. The molecule has 240 valence electrons. The third-order valence-electron chi connectivity index (χ3n) is 7.64. The van der Waals surface area contributed by atoms with Gasteiger partial charge >= 0.3 is 0 Å². The summed E-state index contributed by atoms with van der Waals surface area (Å²) < 4.78 is 0. The topological polar surface area (TPSA) is 137 Å². The molecule has 10 nitrogen and oxygen atoms in total. The van der Waals surface area contributed by atoms with Crippen LogP contribution in [0, 0.1) is 23.7 Å². The van der Waals surface area contributed by atoms with Gasteiger partial charge in [0.15, 0.2) is 0 Å². The highest BCUT2D eigenvalue weighted by Gasteiger charge is 2.38. The molecule has 43 heavy (non-hydrogen) atoms. The maximum atomic E-state index is 14.0. The van der Waals surface area contributed by atoms with Crippen molar-refractivity contribution in [2.45, 2.75) is 111 Å². The molecule has 2 rings (SSSR count). The minimum atomic E-state index is -0.943. The van der Waals surface area contributed by atoms with E-state index in [0.717, 1.165) is 5.56 Å². The van der Waals surface area contributed by atoms with Crippen molar-refractivity contribution in [3.8, 4) is 0 Å². The van der Waals surface area contributed by atoms with Gasteiger partial charge in [-0.05, 0) is 48.5 Å². The van der Waals surface area contributed by atoms with Crippen molar-refractivity contribution in [1.29, 1.82) is 0 Å². The lowest BCUT2D eigenvalue weighted by Crippen LogP contribution is -2.59. The lowest BCUT2D eigenvalue weighted by Gasteiger charge is -2.33. The Morgan fingerprint density at radius 3 is 1.53 bits per heavy atom. The predicted octanol–water partition coefficient (Wildman–Crippen LogP) is 2.80. The van der Waals surface area contributed by atoms with Crippen molar-refractivity contribution in [2.24, 2.45) is 23.7 Å². The number of nitrogens with one attached hydrogen (secondary N) is 4. The van der Waals surface area contributed by atoms with E-state index in [4.69, 9.17) is 0 Å². The number of likely N-dealkylation sites (N-methyl/N-ethyl adjacent to an activating group) is 1.